The first-order valence-corrected chi connectivity index (χ1v) is 9.98. The van der Waals surface area contributed by atoms with Gasteiger partial charge in [0.05, 0.1) is 11.0 Å². The second-order valence-electron chi connectivity index (χ2n) is 6.97. The van der Waals surface area contributed by atoms with Crippen molar-refractivity contribution in [3.8, 4) is 0 Å². The average Bonchev–Trinajstić information content (AvgIpc) is 2.97. The van der Waals surface area contributed by atoms with Crippen LogP contribution in [0.1, 0.15) is 64.1 Å². The second kappa shape index (κ2) is 8.35. The van der Waals surface area contributed by atoms with Crippen molar-refractivity contribution in [3.63, 3.8) is 0 Å². The number of aryl methyl sites for hydroxylation is 1. The van der Waals surface area contributed by atoms with Crippen LogP contribution in [0.2, 0.25) is 5.02 Å². The Hall–Kier alpha value is -1.06. The molecule has 0 N–H and O–H groups in total. The first kappa shape index (κ1) is 17.8. The molecule has 1 fully saturated rings. The van der Waals surface area contributed by atoms with E-state index in [-0.39, 0.29) is 0 Å². The molecule has 0 unspecified atom stereocenters. The van der Waals surface area contributed by atoms with Crippen LogP contribution in [0.15, 0.2) is 18.2 Å². The number of hydrogen-bond acceptors (Lipinski definition) is 2. The molecule has 1 aliphatic rings. The summed E-state index contributed by atoms with van der Waals surface area (Å²) in [6, 6.07) is 6.13. The summed E-state index contributed by atoms with van der Waals surface area (Å²) < 4.78 is 2.46. The van der Waals surface area contributed by atoms with Crippen molar-refractivity contribution in [2.24, 2.45) is 0 Å². The van der Waals surface area contributed by atoms with E-state index in [0.717, 1.165) is 36.7 Å². The number of hydrogen-bond donors (Lipinski definition) is 0. The first-order chi connectivity index (χ1) is 11.7. The van der Waals surface area contributed by atoms with E-state index in [9.17, 15) is 0 Å². The summed E-state index contributed by atoms with van der Waals surface area (Å²) in [5, 5.41) is 0.808. The van der Waals surface area contributed by atoms with Gasteiger partial charge in [0.25, 0.3) is 0 Å². The Labute approximate surface area is 151 Å². The van der Waals surface area contributed by atoms with Gasteiger partial charge in [-0.1, -0.05) is 44.7 Å². The van der Waals surface area contributed by atoms with Crippen molar-refractivity contribution >= 4 is 22.6 Å². The van der Waals surface area contributed by atoms with Crippen LogP contribution in [0.25, 0.3) is 11.0 Å². The predicted octanol–water partition coefficient (Wildman–Crippen LogP) is 5.47. The van der Waals surface area contributed by atoms with E-state index in [4.69, 9.17) is 16.6 Å². The van der Waals surface area contributed by atoms with Crippen molar-refractivity contribution in [3.05, 3.63) is 29.0 Å². The summed E-state index contributed by atoms with van der Waals surface area (Å²) in [7, 11) is 0. The minimum atomic E-state index is 0.623. The third-order valence-electron chi connectivity index (χ3n) is 5.46. The number of nitrogens with zero attached hydrogens (tertiary/aromatic N) is 3. The molecule has 0 bridgehead atoms. The molecule has 0 amide bonds. The van der Waals surface area contributed by atoms with Crippen LogP contribution in [0.5, 0.6) is 0 Å². The molecule has 4 heteroatoms. The second-order valence-corrected chi connectivity index (χ2v) is 7.41. The van der Waals surface area contributed by atoms with E-state index in [1.165, 1.54) is 49.9 Å². The third-order valence-corrected chi connectivity index (χ3v) is 5.70. The molecule has 2 aromatic rings. The highest BCUT2D eigenvalue weighted by atomic mass is 35.5. The van der Waals surface area contributed by atoms with Crippen molar-refractivity contribution < 1.29 is 0 Å². The van der Waals surface area contributed by atoms with Crippen LogP contribution < -0.4 is 0 Å². The Morgan fingerprint density at radius 1 is 1.17 bits per heavy atom. The average molecular weight is 348 g/mol. The lowest BCUT2D eigenvalue weighted by Crippen LogP contribution is -2.25. The predicted molar refractivity (Wildman–Crippen MR) is 103 cm³/mol. The fraction of sp³-hybridized carbons (Fsp3) is 0.650. The van der Waals surface area contributed by atoms with Crippen LogP contribution in [0.4, 0.5) is 0 Å². The zero-order valence-corrected chi connectivity index (χ0v) is 15.9. The number of benzene rings is 1. The monoisotopic (exact) mass is 347 g/mol. The molecule has 0 aliphatic heterocycles. The molecule has 0 saturated heterocycles. The van der Waals surface area contributed by atoms with Gasteiger partial charge in [-0.15, -0.1) is 0 Å². The summed E-state index contributed by atoms with van der Waals surface area (Å²) in [4.78, 5) is 7.50. The van der Waals surface area contributed by atoms with Gasteiger partial charge in [-0.25, -0.2) is 4.98 Å². The Kier molecular flexibility index (Phi) is 6.18. The van der Waals surface area contributed by atoms with Crippen LogP contribution in [0.3, 0.4) is 0 Å². The standard InChI is InChI=1S/C20H30ClN3/c1-3-23(4-2)13-8-14-24-19-15-17(21)11-12-18(19)22-20(24)16-9-6-5-7-10-16/h11-12,15-16H,3-10,13-14H2,1-2H3. The van der Waals surface area contributed by atoms with Crippen LogP contribution >= 0.6 is 11.6 Å². The summed E-state index contributed by atoms with van der Waals surface area (Å²) in [6.07, 6.45) is 7.80. The van der Waals surface area contributed by atoms with Gasteiger partial charge in [-0.3, -0.25) is 0 Å². The zero-order chi connectivity index (χ0) is 16.9. The molecule has 1 saturated carbocycles. The van der Waals surface area contributed by atoms with E-state index in [0.29, 0.717) is 5.92 Å². The topological polar surface area (TPSA) is 21.1 Å². The molecule has 1 aromatic heterocycles. The Balaban J connectivity index is 1.85. The highest BCUT2D eigenvalue weighted by Gasteiger charge is 2.22. The highest BCUT2D eigenvalue weighted by Crippen LogP contribution is 2.34. The van der Waals surface area contributed by atoms with Gasteiger partial charge in [-0.2, -0.15) is 0 Å². The highest BCUT2D eigenvalue weighted by molar-refractivity contribution is 6.31. The zero-order valence-electron chi connectivity index (χ0n) is 15.1. The molecule has 0 radical (unpaired) electrons. The van der Waals surface area contributed by atoms with Crippen molar-refractivity contribution in [2.45, 2.75) is 64.8 Å². The summed E-state index contributed by atoms with van der Waals surface area (Å²) in [6.45, 7) is 8.92. The van der Waals surface area contributed by atoms with Crippen molar-refractivity contribution in [1.29, 1.82) is 0 Å². The van der Waals surface area contributed by atoms with Crippen molar-refractivity contribution in [1.82, 2.24) is 14.5 Å². The molecule has 1 heterocycles. The van der Waals surface area contributed by atoms with Crippen LogP contribution in [-0.4, -0.2) is 34.1 Å². The van der Waals surface area contributed by atoms with E-state index >= 15 is 0 Å². The number of fused-ring (bicyclic) bond motifs is 1. The molecule has 0 spiro atoms. The van der Waals surface area contributed by atoms with E-state index in [1.807, 2.05) is 6.07 Å². The molecular weight excluding hydrogens is 318 g/mol. The molecule has 3 nitrogen and oxygen atoms in total. The summed E-state index contributed by atoms with van der Waals surface area (Å²) >= 11 is 6.27. The Morgan fingerprint density at radius 2 is 1.92 bits per heavy atom. The Morgan fingerprint density at radius 3 is 2.62 bits per heavy atom. The van der Waals surface area contributed by atoms with Gasteiger partial charge in [-0.05, 0) is 57.1 Å². The quantitative estimate of drug-likeness (QED) is 0.662. The van der Waals surface area contributed by atoms with Gasteiger partial charge in [0.2, 0.25) is 0 Å². The number of rotatable bonds is 7. The normalized spacial score (nSPS) is 16.3. The van der Waals surface area contributed by atoms with Gasteiger partial charge in [0.15, 0.2) is 0 Å². The van der Waals surface area contributed by atoms with Crippen molar-refractivity contribution in [2.75, 3.05) is 19.6 Å². The van der Waals surface area contributed by atoms with E-state index in [2.05, 4.69) is 35.4 Å². The van der Waals surface area contributed by atoms with Gasteiger partial charge in [0, 0.05) is 17.5 Å². The fourth-order valence-electron chi connectivity index (χ4n) is 4.01. The van der Waals surface area contributed by atoms with Gasteiger partial charge in [0.1, 0.15) is 5.82 Å². The van der Waals surface area contributed by atoms with Gasteiger partial charge >= 0.3 is 0 Å². The van der Waals surface area contributed by atoms with Gasteiger partial charge < -0.3 is 9.47 Å². The number of halogens is 1. The fourth-order valence-corrected chi connectivity index (χ4v) is 4.18. The molecule has 132 valence electrons. The third kappa shape index (κ3) is 3.94. The van der Waals surface area contributed by atoms with E-state index < -0.39 is 0 Å². The lowest BCUT2D eigenvalue weighted by molar-refractivity contribution is 0.292. The molecule has 1 aromatic carbocycles. The molecule has 24 heavy (non-hydrogen) atoms. The SMILES string of the molecule is CCN(CC)CCCn1c(C2CCCCC2)nc2ccc(Cl)cc21. The Bertz CT molecular complexity index is 654. The minimum Gasteiger partial charge on any atom is -0.328 e. The maximum atomic E-state index is 6.27. The lowest BCUT2D eigenvalue weighted by Gasteiger charge is -2.23. The lowest BCUT2D eigenvalue weighted by atomic mass is 9.88. The summed E-state index contributed by atoms with van der Waals surface area (Å²) in [5.41, 5.74) is 2.31. The largest absolute Gasteiger partial charge is 0.328 e. The molecule has 3 rings (SSSR count). The van der Waals surface area contributed by atoms with E-state index in [1.54, 1.807) is 0 Å². The van der Waals surface area contributed by atoms with Crippen LogP contribution in [0, 0.1) is 0 Å². The minimum absolute atomic E-state index is 0.623. The maximum Gasteiger partial charge on any atom is 0.112 e. The molecule has 1 aliphatic carbocycles. The molecule has 0 atom stereocenters. The first-order valence-electron chi connectivity index (χ1n) is 9.61. The maximum absolute atomic E-state index is 6.27. The van der Waals surface area contributed by atoms with Crippen LogP contribution in [-0.2, 0) is 6.54 Å². The number of imidazole rings is 1. The number of aromatic nitrogens is 2. The molecular formula is C20H30ClN3. The smallest absolute Gasteiger partial charge is 0.112 e. The summed E-state index contributed by atoms with van der Waals surface area (Å²) in [5.74, 6) is 1.92.